The smallest absolute Gasteiger partial charge is 0.274 e. The van der Waals surface area contributed by atoms with E-state index in [2.05, 4.69) is 10.3 Å². The molecule has 5 aliphatic rings. The van der Waals surface area contributed by atoms with Crippen LogP contribution in [0.3, 0.4) is 0 Å². The number of carbonyl (C=O) groups is 2. The molecule has 0 aromatic carbocycles. The van der Waals surface area contributed by atoms with E-state index in [1.165, 1.54) is 38.5 Å². The van der Waals surface area contributed by atoms with Crippen LogP contribution in [0.15, 0.2) is 24.4 Å². The Hall–Kier alpha value is -2.41. The van der Waals surface area contributed by atoms with E-state index in [4.69, 9.17) is 0 Å². The molecule has 0 spiro atoms. The SMILES string of the molecule is O=C(CC12CC3CC(CC(C3)C1)C2)Nc1cccc2nc(C(=O)N3CC[C@H](O)C3)cn12. The lowest BCUT2D eigenvalue weighted by Gasteiger charge is -2.56. The summed E-state index contributed by atoms with van der Waals surface area (Å²) in [6, 6.07) is 5.56. The number of hydrogen-bond acceptors (Lipinski definition) is 4. The van der Waals surface area contributed by atoms with E-state index in [9.17, 15) is 14.7 Å². The Morgan fingerprint density at radius 1 is 1.13 bits per heavy atom. The summed E-state index contributed by atoms with van der Waals surface area (Å²) in [5, 5.41) is 12.8. The van der Waals surface area contributed by atoms with E-state index in [-0.39, 0.29) is 17.2 Å². The predicted molar refractivity (Wildman–Crippen MR) is 116 cm³/mol. The maximum absolute atomic E-state index is 13.1. The number of rotatable bonds is 4. The van der Waals surface area contributed by atoms with Crippen molar-refractivity contribution in [1.82, 2.24) is 14.3 Å². The number of pyridine rings is 1. The predicted octanol–water partition coefficient (Wildman–Crippen LogP) is 3.09. The van der Waals surface area contributed by atoms with Gasteiger partial charge in [-0.15, -0.1) is 0 Å². The van der Waals surface area contributed by atoms with Gasteiger partial charge in [-0.2, -0.15) is 0 Å². The maximum atomic E-state index is 13.1. The fourth-order valence-corrected chi connectivity index (χ4v) is 7.34. The van der Waals surface area contributed by atoms with Gasteiger partial charge in [-0.3, -0.25) is 14.0 Å². The van der Waals surface area contributed by atoms with E-state index in [0.717, 1.165) is 17.8 Å². The number of aromatic nitrogens is 2. The summed E-state index contributed by atoms with van der Waals surface area (Å²) in [5.74, 6) is 3.03. The molecule has 1 aliphatic heterocycles. The zero-order valence-electron chi connectivity index (χ0n) is 17.8. The first kappa shape index (κ1) is 19.3. The van der Waals surface area contributed by atoms with Gasteiger partial charge in [0.15, 0.2) is 0 Å². The average molecular weight is 423 g/mol. The summed E-state index contributed by atoms with van der Waals surface area (Å²) in [4.78, 5) is 31.9. The maximum Gasteiger partial charge on any atom is 0.274 e. The highest BCUT2D eigenvalue weighted by Gasteiger charge is 2.51. The molecular formula is C24H30N4O3. The number of anilines is 1. The number of nitrogens with zero attached hydrogens (tertiary/aromatic N) is 3. The Morgan fingerprint density at radius 3 is 2.48 bits per heavy atom. The standard InChI is InChI=1S/C24H30N4O3/c29-18-4-5-27(13-18)23(31)19-14-28-20(25-19)2-1-3-21(28)26-22(30)12-24-9-15-6-16(10-24)8-17(7-15)11-24/h1-3,14-18,29H,4-13H2,(H,26,30)/t15?,16?,17?,18-,24?/m0/s1. The third-order valence-corrected chi connectivity index (χ3v) is 8.13. The summed E-state index contributed by atoms with van der Waals surface area (Å²) >= 11 is 0. The van der Waals surface area contributed by atoms with Crippen molar-refractivity contribution in [3.63, 3.8) is 0 Å². The second-order valence-corrected chi connectivity index (χ2v) is 10.6. The fourth-order valence-electron chi connectivity index (χ4n) is 7.34. The van der Waals surface area contributed by atoms with Crippen LogP contribution in [0.5, 0.6) is 0 Å². The monoisotopic (exact) mass is 422 g/mol. The molecule has 3 heterocycles. The van der Waals surface area contributed by atoms with Gasteiger partial charge >= 0.3 is 0 Å². The number of nitrogens with one attached hydrogen (secondary N) is 1. The zero-order valence-corrected chi connectivity index (χ0v) is 17.8. The molecule has 2 aromatic heterocycles. The molecule has 0 unspecified atom stereocenters. The molecule has 2 aromatic rings. The van der Waals surface area contributed by atoms with Crippen LogP contribution in [0.1, 0.15) is 61.9 Å². The molecule has 5 fully saturated rings. The Morgan fingerprint density at radius 2 is 1.84 bits per heavy atom. The van der Waals surface area contributed by atoms with E-state index < -0.39 is 6.10 Å². The van der Waals surface area contributed by atoms with Crippen LogP contribution in [-0.4, -0.2) is 50.4 Å². The van der Waals surface area contributed by atoms with Crippen molar-refractivity contribution in [3.8, 4) is 0 Å². The summed E-state index contributed by atoms with van der Waals surface area (Å²) in [6.45, 7) is 0.893. The molecule has 4 aliphatic carbocycles. The number of hydrogen-bond donors (Lipinski definition) is 2. The summed E-state index contributed by atoms with van der Waals surface area (Å²) in [6.07, 6.45) is 10.2. The first-order valence-corrected chi connectivity index (χ1v) is 11.7. The minimum absolute atomic E-state index is 0.0682. The Bertz CT molecular complexity index is 1010. The molecule has 1 atom stereocenters. The van der Waals surface area contributed by atoms with Crippen LogP contribution >= 0.6 is 0 Å². The van der Waals surface area contributed by atoms with Crippen molar-refractivity contribution in [2.75, 3.05) is 18.4 Å². The Labute approximate surface area is 181 Å². The van der Waals surface area contributed by atoms with E-state index >= 15 is 0 Å². The minimum Gasteiger partial charge on any atom is -0.391 e. The van der Waals surface area contributed by atoms with Crippen LogP contribution in [0.2, 0.25) is 0 Å². The highest BCUT2D eigenvalue weighted by atomic mass is 16.3. The minimum atomic E-state index is -0.458. The van der Waals surface area contributed by atoms with Gasteiger partial charge in [0.1, 0.15) is 17.2 Å². The number of imidazole rings is 1. The van der Waals surface area contributed by atoms with Gasteiger partial charge in [0.2, 0.25) is 5.91 Å². The molecule has 7 rings (SSSR count). The highest BCUT2D eigenvalue weighted by Crippen LogP contribution is 2.61. The third kappa shape index (κ3) is 3.43. The molecule has 0 radical (unpaired) electrons. The fraction of sp³-hybridized carbons (Fsp3) is 0.625. The van der Waals surface area contributed by atoms with Gasteiger partial charge in [-0.05, 0) is 80.2 Å². The van der Waals surface area contributed by atoms with Crippen molar-refractivity contribution >= 4 is 23.3 Å². The zero-order chi connectivity index (χ0) is 21.2. The van der Waals surface area contributed by atoms with E-state index in [0.29, 0.717) is 43.1 Å². The molecule has 7 nitrogen and oxygen atoms in total. The van der Waals surface area contributed by atoms with Crippen molar-refractivity contribution < 1.29 is 14.7 Å². The van der Waals surface area contributed by atoms with Crippen LogP contribution in [0, 0.1) is 23.2 Å². The molecule has 1 saturated heterocycles. The topological polar surface area (TPSA) is 86.9 Å². The van der Waals surface area contributed by atoms with Crippen molar-refractivity contribution in [2.45, 2.75) is 57.5 Å². The van der Waals surface area contributed by atoms with E-state index in [1.54, 1.807) is 15.5 Å². The number of aliphatic hydroxyl groups excluding tert-OH is 1. The van der Waals surface area contributed by atoms with Crippen molar-refractivity contribution in [3.05, 3.63) is 30.1 Å². The number of carbonyl (C=O) groups excluding carboxylic acids is 2. The average Bonchev–Trinajstić information content (AvgIpc) is 3.33. The van der Waals surface area contributed by atoms with Gasteiger partial charge in [-0.1, -0.05) is 6.07 Å². The lowest BCUT2D eigenvalue weighted by atomic mass is 9.49. The molecule has 2 N–H and O–H groups in total. The lowest BCUT2D eigenvalue weighted by molar-refractivity contribution is -0.124. The first-order valence-electron chi connectivity index (χ1n) is 11.7. The van der Waals surface area contributed by atoms with Gasteiger partial charge < -0.3 is 15.3 Å². The molecule has 2 amide bonds. The normalized spacial score (nSPS) is 33.9. The summed E-state index contributed by atoms with van der Waals surface area (Å²) in [7, 11) is 0. The molecule has 31 heavy (non-hydrogen) atoms. The molecular weight excluding hydrogens is 392 g/mol. The van der Waals surface area contributed by atoms with Gasteiger partial charge in [0.25, 0.3) is 5.91 Å². The highest BCUT2D eigenvalue weighted by molar-refractivity contribution is 5.94. The number of fused-ring (bicyclic) bond motifs is 1. The van der Waals surface area contributed by atoms with Crippen LogP contribution in [0.25, 0.3) is 5.65 Å². The summed E-state index contributed by atoms with van der Waals surface area (Å²) < 4.78 is 1.79. The number of amides is 2. The van der Waals surface area contributed by atoms with E-state index in [1.807, 2.05) is 18.2 Å². The molecule has 164 valence electrons. The number of β-amino-alcohol motifs (C(OH)–C–C–N with tert-alkyl or cyclic N) is 1. The Kier molecular flexibility index (Phi) is 4.39. The second kappa shape index (κ2) is 7.05. The molecule has 7 heteroatoms. The van der Waals surface area contributed by atoms with Crippen LogP contribution < -0.4 is 5.32 Å². The largest absolute Gasteiger partial charge is 0.391 e. The quantitative estimate of drug-likeness (QED) is 0.793. The number of likely N-dealkylation sites (tertiary alicyclic amines) is 1. The lowest BCUT2D eigenvalue weighted by Crippen LogP contribution is -2.47. The third-order valence-electron chi connectivity index (χ3n) is 8.13. The Balaban J connectivity index is 1.20. The van der Waals surface area contributed by atoms with Crippen molar-refractivity contribution in [2.24, 2.45) is 23.2 Å². The van der Waals surface area contributed by atoms with Gasteiger partial charge in [0, 0.05) is 25.7 Å². The summed E-state index contributed by atoms with van der Waals surface area (Å²) in [5.41, 5.74) is 1.17. The number of aliphatic hydroxyl groups is 1. The second-order valence-electron chi connectivity index (χ2n) is 10.6. The molecule has 4 bridgehead atoms. The van der Waals surface area contributed by atoms with Gasteiger partial charge in [-0.25, -0.2) is 4.98 Å². The first-order chi connectivity index (χ1) is 15.0. The van der Waals surface area contributed by atoms with Crippen LogP contribution in [0.4, 0.5) is 5.82 Å². The van der Waals surface area contributed by atoms with Gasteiger partial charge in [0.05, 0.1) is 6.10 Å². The van der Waals surface area contributed by atoms with Crippen molar-refractivity contribution in [1.29, 1.82) is 0 Å². The molecule has 4 saturated carbocycles. The van der Waals surface area contributed by atoms with Crippen LogP contribution in [-0.2, 0) is 4.79 Å².